The number of aliphatic hydroxyl groups excluding tert-OH is 1. The van der Waals surface area contributed by atoms with Gasteiger partial charge in [0.2, 0.25) is 0 Å². The minimum Gasteiger partial charge on any atom is -0.396 e. The molecule has 0 aliphatic heterocycles. The molecule has 0 saturated heterocycles. The molecule has 0 fully saturated rings. The summed E-state index contributed by atoms with van der Waals surface area (Å²) in [6.07, 6.45) is 0.620. The summed E-state index contributed by atoms with van der Waals surface area (Å²) in [5.41, 5.74) is 6.39. The Morgan fingerprint density at radius 1 is 1.50 bits per heavy atom. The molecule has 18 heavy (non-hydrogen) atoms. The van der Waals surface area contributed by atoms with Gasteiger partial charge in [-0.3, -0.25) is 10.1 Å². The summed E-state index contributed by atoms with van der Waals surface area (Å²) in [5, 5.41) is 22.8. The molecule has 0 aliphatic rings. The van der Waals surface area contributed by atoms with Crippen molar-refractivity contribution in [2.45, 2.75) is 26.3 Å². The fourth-order valence-electron chi connectivity index (χ4n) is 1.74. The molecule has 0 saturated carbocycles. The summed E-state index contributed by atoms with van der Waals surface area (Å²) < 4.78 is 0. The second-order valence-corrected chi connectivity index (χ2v) is 4.54. The van der Waals surface area contributed by atoms with Crippen molar-refractivity contribution in [3.05, 3.63) is 28.3 Å². The standard InChI is InChI=1S/C12H19N3O3/c1-8(2)11(5-6-16)14-9-3-4-12(15(17)18)10(13)7-9/h3-4,7-8,11,14,16H,5-6,13H2,1-2H3. The molecule has 0 heterocycles. The number of nitrogens with one attached hydrogen (secondary N) is 1. The SMILES string of the molecule is CC(C)C(CCO)Nc1ccc([N+](=O)[O-])c(N)c1. The fourth-order valence-corrected chi connectivity index (χ4v) is 1.74. The van der Waals surface area contributed by atoms with Crippen molar-refractivity contribution in [1.29, 1.82) is 0 Å². The average Bonchev–Trinajstić information content (AvgIpc) is 2.27. The monoisotopic (exact) mass is 253 g/mol. The zero-order chi connectivity index (χ0) is 13.7. The van der Waals surface area contributed by atoms with Crippen LogP contribution in [0.5, 0.6) is 0 Å². The van der Waals surface area contributed by atoms with E-state index in [9.17, 15) is 10.1 Å². The van der Waals surface area contributed by atoms with Gasteiger partial charge in [-0.1, -0.05) is 13.8 Å². The molecule has 4 N–H and O–H groups in total. The first kappa shape index (κ1) is 14.2. The summed E-state index contributed by atoms with van der Waals surface area (Å²) in [4.78, 5) is 10.1. The van der Waals surface area contributed by atoms with Crippen LogP contribution in [0.1, 0.15) is 20.3 Å². The molecule has 0 radical (unpaired) electrons. The van der Waals surface area contributed by atoms with Gasteiger partial charge in [-0.05, 0) is 24.5 Å². The van der Waals surface area contributed by atoms with E-state index in [0.29, 0.717) is 12.3 Å². The van der Waals surface area contributed by atoms with E-state index in [4.69, 9.17) is 10.8 Å². The number of hydrogen-bond acceptors (Lipinski definition) is 5. The van der Waals surface area contributed by atoms with E-state index in [1.54, 1.807) is 12.1 Å². The molecule has 1 unspecified atom stereocenters. The summed E-state index contributed by atoms with van der Waals surface area (Å²) in [5.74, 6) is 0.341. The van der Waals surface area contributed by atoms with Gasteiger partial charge in [0.15, 0.2) is 0 Å². The van der Waals surface area contributed by atoms with Crippen molar-refractivity contribution in [3.8, 4) is 0 Å². The lowest BCUT2D eigenvalue weighted by molar-refractivity contribution is -0.383. The highest BCUT2D eigenvalue weighted by atomic mass is 16.6. The third-order valence-corrected chi connectivity index (χ3v) is 2.82. The highest BCUT2D eigenvalue weighted by Crippen LogP contribution is 2.26. The number of aliphatic hydroxyl groups is 1. The number of nitrogens with two attached hydrogens (primary N) is 1. The Kier molecular flexibility index (Phi) is 4.91. The molecular formula is C12H19N3O3. The van der Waals surface area contributed by atoms with Crippen LogP contribution >= 0.6 is 0 Å². The van der Waals surface area contributed by atoms with Gasteiger partial charge < -0.3 is 16.2 Å². The normalized spacial score (nSPS) is 12.4. The lowest BCUT2D eigenvalue weighted by Gasteiger charge is -2.22. The molecule has 1 atom stereocenters. The second-order valence-electron chi connectivity index (χ2n) is 4.54. The number of hydrogen-bond donors (Lipinski definition) is 3. The van der Waals surface area contributed by atoms with E-state index in [1.165, 1.54) is 6.07 Å². The summed E-state index contributed by atoms with van der Waals surface area (Å²) in [6, 6.07) is 4.66. The van der Waals surface area contributed by atoms with Crippen molar-refractivity contribution in [1.82, 2.24) is 0 Å². The Morgan fingerprint density at radius 2 is 2.17 bits per heavy atom. The van der Waals surface area contributed by atoms with Crippen LogP contribution in [0.25, 0.3) is 0 Å². The maximum Gasteiger partial charge on any atom is 0.292 e. The Bertz CT molecular complexity index is 421. The van der Waals surface area contributed by atoms with Gasteiger partial charge in [-0.25, -0.2) is 0 Å². The highest BCUT2D eigenvalue weighted by molar-refractivity contribution is 5.66. The smallest absolute Gasteiger partial charge is 0.292 e. The molecule has 6 heteroatoms. The molecule has 0 spiro atoms. The number of nitrogen functional groups attached to an aromatic ring is 1. The lowest BCUT2D eigenvalue weighted by atomic mass is 10.0. The zero-order valence-corrected chi connectivity index (χ0v) is 10.6. The average molecular weight is 253 g/mol. The minimum absolute atomic E-state index is 0.0937. The van der Waals surface area contributed by atoms with Crippen LogP contribution in [-0.2, 0) is 0 Å². The third-order valence-electron chi connectivity index (χ3n) is 2.82. The van der Waals surface area contributed by atoms with Crippen LogP contribution in [0.15, 0.2) is 18.2 Å². The first-order chi connectivity index (χ1) is 8.45. The number of nitrogens with zero attached hydrogens (tertiary/aromatic N) is 1. The quantitative estimate of drug-likeness (QED) is 0.409. The molecule has 0 bridgehead atoms. The van der Waals surface area contributed by atoms with Gasteiger partial charge in [-0.15, -0.1) is 0 Å². The zero-order valence-electron chi connectivity index (χ0n) is 10.6. The number of nitro groups is 1. The number of nitro benzene ring substituents is 1. The highest BCUT2D eigenvalue weighted by Gasteiger charge is 2.15. The Labute approximate surface area is 106 Å². The fraction of sp³-hybridized carbons (Fsp3) is 0.500. The lowest BCUT2D eigenvalue weighted by Crippen LogP contribution is -2.26. The van der Waals surface area contributed by atoms with E-state index in [0.717, 1.165) is 5.69 Å². The van der Waals surface area contributed by atoms with Crippen LogP contribution in [0, 0.1) is 16.0 Å². The number of benzene rings is 1. The van der Waals surface area contributed by atoms with E-state index in [1.807, 2.05) is 13.8 Å². The largest absolute Gasteiger partial charge is 0.396 e. The molecular weight excluding hydrogens is 234 g/mol. The van der Waals surface area contributed by atoms with Gasteiger partial charge in [0.05, 0.1) is 4.92 Å². The molecule has 0 aromatic heterocycles. The van der Waals surface area contributed by atoms with E-state index >= 15 is 0 Å². The molecule has 100 valence electrons. The topological polar surface area (TPSA) is 101 Å². The summed E-state index contributed by atoms with van der Waals surface area (Å²) in [7, 11) is 0. The van der Waals surface area contributed by atoms with Crippen LogP contribution in [0.3, 0.4) is 0 Å². The van der Waals surface area contributed by atoms with Crippen LogP contribution in [0.2, 0.25) is 0 Å². The van der Waals surface area contributed by atoms with Crippen molar-refractivity contribution < 1.29 is 10.0 Å². The van der Waals surface area contributed by atoms with Crippen LogP contribution in [0.4, 0.5) is 17.1 Å². The van der Waals surface area contributed by atoms with Gasteiger partial charge >= 0.3 is 0 Å². The van der Waals surface area contributed by atoms with Gasteiger partial charge in [0, 0.05) is 24.4 Å². The van der Waals surface area contributed by atoms with Crippen molar-refractivity contribution in [3.63, 3.8) is 0 Å². The van der Waals surface area contributed by atoms with E-state index in [2.05, 4.69) is 5.32 Å². The maximum atomic E-state index is 10.6. The Morgan fingerprint density at radius 3 is 2.61 bits per heavy atom. The van der Waals surface area contributed by atoms with E-state index < -0.39 is 4.92 Å². The molecule has 1 aromatic rings. The van der Waals surface area contributed by atoms with Crippen molar-refractivity contribution in [2.75, 3.05) is 17.7 Å². The van der Waals surface area contributed by atoms with Gasteiger partial charge in [0.1, 0.15) is 5.69 Å². The van der Waals surface area contributed by atoms with Crippen LogP contribution in [-0.4, -0.2) is 22.7 Å². The predicted octanol–water partition coefficient (Wildman–Crippen LogP) is 2.00. The molecule has 6 nitrogen and oxygen atoms in total. The van der Waals surface area contributed by atoms with E-state index in [-0.39, 0.29) is 24.0 Å². The number of anilines is 2. The Hall–Kier alpha value is -1.82. The van der Waals surface area contributed by atoms with Gasteiger partial charge in [-0.2, -0.15) is 0 Å². The number of rotatable bonds is 6. The van der Waals surface area contributed by atoms with Gasteiger partial charge in [0.25, 0.3) is 5.69 Å². The summed E-state index contributed by atoms with van der Waals surface area (Å²) in [6.45, 7) is 4.18. The second kappa shape index (κ2) is 6.20. The molecule has 1 rings (SSSR count). The molecule has 1 aromatic carbocycles. The summed E-state index contributed by atoms with van der Waals surface area (Å²) >= 11 is 0. The van der Waals surface area contributed by atoms with Crippen molar-refractivity contribution in [2.24, 2.45) is 5.92 Å². The first-order valence-electron chi connectivity index (χ1n) is 5.87. The third kappa shape index (κ3) is 3.59. The van der Waals surface area contributed by atoms with Crippen molar-refractivity contribution >= 4 is 17.1 Å². The molecule has 0 aliphatic carbocycles. The maximum absolute atomic E-state index is 10.6. The first-order valence-corrected chi connectivity index (χ1v) is 5.87. The minimum atomic E-state index is -0.507. The Balaban J connectivity index is 2.84. The molecule has 0 amide bonds. The predicted molar refractivity (Wildman–Crippen MR) is 71.5 cm³/mol. The van der Waals surface area contributed by atoms with Crippen LogP contribution < -0.4 is 11.1 Å².